The van der Waals surface area contributed by atoms with E-state index < -0.39 is 60.2 Å². The van der Waals surface area contributed by atoms with Crippen molar-refractivity contribution in [1.82, 2.24) is 15.5 Å². The molecule has 1 fully saturated rings. The van der Waals surface area contributed by atoms with Crippen molar-refractivity contribution in [3.63, 3.8) is 0 Å². The Kier molecular flexibility index (Phi) is 9.55. The number of carboxylic acids is 1. The van der Waals surface area contributed by atoms with Gasteiger partial charge in [0, 0.05) is 13.0 Å². The zero-order valence-electron chi connectivity index (χ0n) is 19.4. The number of aliphatic carboxylic acids is 1. The Balaban J connectivity index is 2.22. The summed E-state index contributed by atoms with van der Waals surface area (Å²) in [6.45, 7) is 3.86. The topological polar surface area (TPSA) is 185 Å². The molecule has 1 aromatic carbocycles. The van der Waals surface area contributed by atoms with Gasteiger partial charge in [-0.2, -0.15) is 0 Å². The minimum absolute atomic E-state index is 0.143. The maximum atomic E-state index is 13.5. The molecule has 0 aliphatic carbocycles. The van der Waals surface area contributed by atoms with Crippen LogP contribution in [0.1, 0.15) is 38.7 Å². The van der Waals surface area contributed by atoms with Crippen molar-refractivity contribution in [2.75, 3.05) is 6.54 Å². The molecule has 2 rings (SSSR count). The van der Waals surface area contributed by atoms with Crippen molar-refractivity contribution in [3.05, 3.63) is 35.9 Å². The summed E-state index contributed by atoms with van der Waals surface area (Å²) in [6.07, 6.45) is 0.467. The van der Waals surface area contributed by atoms with Crippen molar-refractivity contribution in [1.29, 1.82) is 0 Å². The highest BCUT2D eigenvalue weighted by atomic mass is 16.4. The Morgan fingerprint density at radius 3 is 2.29 bits per heavy atom. The van der Waals surface area contributed by atoms with E-state index >= 15 is 0 Å². The first kappa shape index (κ1) is 26.8. The van der Waals surface area contributed by atoms with Gasteiger partial charge in [-0.05, 0) is 24.3 Å². The first-order chi connectivity index (χ1) is 16.0. The lowest BCUT2D eigenvalue weighted by atomic mass is 10.0. The van der Waals surface area contributed by atoms with E-state index in [1.54, 1.807) is 13.8 Å². The van der Waals surface area contributed by atoms with E-state index in [-0.39, 0.29) is 18.9 Å². The van der Waals surface area contributed by atoms with Crippen LogP contribution in [0.5, 0.6) is 0 Å². The first-order valence-corrected chi connectivity index (χ1v) is 11.2. The van der Waals surface area contributed by atoms with Crippen LogP contribution in [0, 0.1) is 5.92 Å². The SMILES string of the molecule is CC(C)C(N)C(=O)NC(Cc1ccccc1)C(=O)N1CCCC1C(=O)NC(CC(N)=O)C(=O)O. The average Bonchev–Trinajstić information content (AvgIpc) is 3.27. The summed E-state index contributed by atoms with van der Waals surface area (Å²) in [5.41, 5.74) is 11.8. The Morgan fingerprint density at radius 1 is 1.09 bits per heavy atom. The molecule has 0 spiro atoms. The number of amides is 4. The van der Waals surface area contributed by atoms with Gasteiger partial charge in [0.05, 0.1) is 12.5 Å². The molecule has 0 bridgehead atoms. The maximum Gasteiger partial charge on any atom is 0.326 e. The fourth-order valence-corrected chi connectivity index (χ4v) is 3.79. The van der Waals surface area contributed by atoms with Crippen LogP contribution in [-0.2, 0) is 30.4 Å². The number of nitrogens with one attached hydrogen (secondary N) is 2. The number of benzene rings is 1. The molecule has 0 radical (unpaired) electrons. The van der Waals surface area contributed by atoms with Gasteiger partial charge in [0.25, 0.3) is 0 Å². The van der Waals surface area contributed by atoms with Gasteiger partial charge in [-0.3, -0.25) is 19.2 Å². The zero-order chi connectivity index (χ0) is 25.4. The second-order valence-electron chi connectivity index (χ2n) is 8.78. The number of nitrogens with zero attached hydrogens (tertiary/aromatic N) is 1. The summed E-state index contributed by atoms with van der Waals surface area (Å²) < 4.78 is 0. The first-order valence-electron chi connectivity index (χ1n) is 11.2. The molecule has 1 saturated heterocycles. The van der Waals surface area contributed by atoms with Gasteiger partial charge in [0.2, 0.25) is 23.6 Å². The quantitative estimate of drug-likeness (QED) is 0.275. The zero-order valence-corrected chi connectivity index (χ0v) is 19.4. The normalized spacial score (nSPS) is 18.1. The van der Waals surface area contributed by atoms with Gasteiger partial charge in [-0.25, -0.2) is 4.79 Å². The van der Waals surface area contributed by atoms with Crippen LogP contribution in [0.2, 0.25) is 0 Å². The molecule has 7 N–H and O–H groups in total. The van der Waals surface area contributed by atoms with Crippen LogP contribution in [0.4, 0.5) is 0 Å². The number of hydrogen-bond acceptors (Lipinski definition) is 6. The molecule has 4 amide bonds. The highest BCUT2D eigenvalue weighted by Crippen LogP contribution is 2.20. The van der Waals surface area contributed by atoms with E-state index in [1.165, 1.54) is 4.90 Å². The molecular weight excluding hydrogens is 442 g/mol. The molecular formula is C23H33N5O6. The van der Waals surface area contributed by atoms with E-state index in [1.807, 2.05) is 30.3 Å². The predicted molar refractivity (Wildman–Crippen MR) is 123 cm³/mol. The number of rotatable bonds is 11. The monoisotopic (exact) mass is 475 g/mol. The maximum absolute atomic E-state index is 13.5. The summed E-state index contributed by atoms with van der Waals surface area (Å²) >= 11 is 0. The minimum atomic E-state index is -1.49. The second-order valence-corrected chi connectivity index (χ2v) is 8.78. The smallest absolute Gasteiger partial charge is 0.326 e. The Bertz CT molecular complexity index is 906. The number of carbonyl (C=O) groups excluding carboxylic acids is 4. The van der Waals surface area contributed by atoms with E-state index in [0.717, 1.165) is 5.56 Å². The third kappa shape index (κ3) is 7.27. The van der Waals surface area contributed by atoms with E-state index in [4.69, 9.17) is 11.5 Å². The van der Waals surface area contributed by atoms with Crippen LogP contribution in [0.15, 0.2) is 30.3 Å². The lowest BCUT2D eigenvalue weighted by molar-refractivity contribution is -0.145. The number of nitrogens with two attached hydrogens (primary N) is 2. The van der Waals surface area contributed by atoms with Gasteiger partial charge in [0.1, 0.15) is 18.1 Å². The Morgan fingerprint density at radius 2 is 1.74 bits per heavy atom. The molecule has 4 atom stereocenters. The molecule has 0 saturated carbocycles. The Labute approximate surface area is 198 Å². The molecule has 1 aromatic rings. The third-order valence-corrected chi connectivity index (χ3v) is 5.78. The molecule has 1 heterocycles. The van der Waals surface area contributed by atoms with Gasteiger partial charge in [0.15, 0.2) is 0 Å². The van der Waals surface area contributed by atoms with Gasteiger partial charge in [-0.15, -0.1) is 0 Å². The molecule has 11 heteroatoms. The largest absolute Gasteiger partial charge is 0.480 e. The Hall–Kier alpha value is -3.47. The lowest BCUT2D eigenvalue weighted by Gasteiger charge is -2.30. The summed E-state index contributed by atoms with van der Waals surface area (Å²) in [4.78, 5) is 62.8. The van der Waals surface area contributed by atoms with Crippen molar-refractivity contribution in [2.45, 2.75) is 63.7 Å². The fourth-order valence-electron chi connectivity index (χ4n) is 3.79. The van der Waals surface area contributed by atoms with Gasteiger partial charge >= 0.3 is 5.97 Å². The minimum Gasteiger partial charge on any atom is -0.480 e. The summed E-state index contributed by atoms with van der Waals surface area (Å²) in [6, 6.07) is 4.91. The predicted octanol–water partition coefficient (Wildman–Crippen LogP) is -0.867. The molecule has 1 aliphatic rings. The highest BCUT2D eigenvalue weighted by Gasteiger charge is 2.39. The van der Waals surface area contributed by atoms with E-state index in [9.17, 15) is 29.1 Å². The van der Waals surface area contributed by atoms with Crippen LogP contribution < -0.4 is 22.1 Å². The third-order valence-electron chi connectivity index (χ3n) is 5.78. The van der Waals surface area contributed by atoms with Crippen molar-refractivity contribution < 1.29 is 29.1 Å². The van der Waals surface area contributed by atoms with Crippen LogP contribution in [0.3, 0.4) is 0 Å². The van der Waals surface area contributed by atoms with Crippen LogP contribution >= 0.6 is 0 Å². The highest BCUT2D eigenvalue weighted by molar-refractivity contribution is 5.95. The summed E-state index contributed by atoms with van der Waals surface area (Å²) in [5, 5.41) is 14.3. The molecule has 186 valence electrons. The molecule has 4 unspecified atom stereocenters. The molecule has 0 aromatic heterocycles. The molecule has 11 nitrogen and oxygen atoms in total. The second kappa shape index (κ2) is 12.1. The number of likely N-dealkylation sites (tertiary alicyclic amines) is 1. The fraction of sp³-hybridized carbons (Fsp3) is 0.522. The van der Waals surface area contributed by atoms with E-state index in [2.05, 4.69) is 10.6 Å². The summed E-state index contributed by atoms with van der Waals surface area (Å²) in [5.74, 6) is -4.05. The standard InChI is InChI=1S/C23H33N5O6/c1-13(2)19(25)21(31)26-15(11-14-7-4-3-5-8-14)22(32)28-10-6-9-17(28)20(30)27-16(23(33)34)12-18(24)29/h3-5,7-8,13,15-17,19H,6,9-12,25H2,1-2H3,(H2,24,29)(H,26,31)(H,27,30)(H,33,34). The van der Waals surface area contributed by atoms with Crippen molar-refractivity contribution in [3.8, 4) is 0 Å². The van der Waals surface area contributed by atoms with E-state index in [0.29, 0.717) is 12.8 Å². The van der Waals surface area contributed by atoms with Crippen molar-refractivity contribution in [2.24, 2.45) is 17.4 Å². The average molecular weight is 476 g/mol. The number of carbonyl (C=O) groups is 5. The van der Waals surface area contributed by atoms with Crippen LogP contribution in [-0.4, -0.2) is 70.3 Å². The molecule has 1 aliphatic heterocycles. The number of carboxylic acid groups (broad SMARTS) is 1. The van der Waals surface area contributed by atoms with Gasteiger partial charge < -0.3 is 32.1 Å². The molecule has 34 heavy (non-hydrogen) atoms. The number of primary amides is 1. The van der Waals surface area contributed by atoms with Gasteiger partial charge in [-0.1, -0.05) is 44.2 Å². The van der Waals surface area contributed by atoms with Crippen molar-refractivity contribution >= 4 is 29.6 Å². The van der Waals surface area contributed by atoms with Crippen LogP contribution in [0.25, 0.3) is 0 Å². The lowest BCUT2D eigenvalue weighted by Crippen LogP contribution is -2.58. The number of hydrogen-bond donors (Lipinski definition) is 5. The summed E-state index contributed by atoms with van der Waals surface area (Å²) in [7, 11) is 0.